The first-order chi connectivity index (χ1) is 10.6. The van der Waals surface area contributed by atoms with Gasteiger partial charge in [0.05, 0.1) is 0 Å². The molecule has 0 aliphatic carbocycles. The predicted molar refractivity (Wildman–Crippen MR) is 91.5 cm³/mol. The third-order valence-electron chi connectivity index (χ3n) is 4.31. The van der Waals surface area contributed by atoms with Crippen molar-refractivity contribution < 1.29 is 4.74 Å². The molecule has 0 aromatic heterocycles. The summed E-state index contributed by atoms with van der Waals surface area (Å²) in [7, 11) is 0. The van der Waals surface area contributed by atoms with Gasteiger partial charge in [-0.05, 0) is 50.4 Å². The quantitative estimate of drug-likeness (QED) is 0.836. The molecule has 0 amide bonds. The maximum atomic E-state index is 6.10. The Morgan fingerprint density at radius 2 is 1.77 bits per heavy atom. The minimum Gasteiger partial charge on any atom is -0.488 e. The molecule has 1 heterocycles. The van der Waals surface area contributed by atoms with Gasteiger partial charge in [0.1, 0.15) is 11.4 Å². The Balaban J connectivity index is 1.58. The summed E-state index contributed by atoms with van der Waals surface area (Å²) in [6.07, 6.45) is 2.14. The molecule has 0 bridgehead atoms. The lowest BCUT2D eigenvalue weighted by Gasteiger charge is -2.37. The van der Waals surface area contributed by atoms with Crippen molar-refractivity contribution in [2.45, 2.75) is 38.2 Å². The highest BCUT2D eigenvalue weighted by molar-refractivity contribution is 5.39. The first-order valence-electron chi connectivity index (χ1n) is 8.17. The van der Waals surface area contributed by atoms with E-state index in [1.807, 2.05) is 0 Å². The largest absolute Gasteiger partial charge is 0.488 e. The van der Waals surface area contributed by atoms with Crippen LogP contribution in [0.5, 0.6) is 5.75 Å². The zero-order valence-corrected chi connectivity index (χ0v) is 13.5. The first kappa shape index (κ1) is 15.1. The minimum absolute atomic E-state index is 0.0832. The van der Waals surface area contributed by atoms with E-state index in [0.29, 0.717) is 5.92 Å². The van der Waals surface area contributed by atoms with Gasteiger partial charge in [0, 0.05) is 12.5 Å². The van der Waals surface area contributed by atoms with Gasteiger partial charge in [0.2, 0.25) is 0 Å². The van der Waals surface area contributed by atoms with Crippen LogP contribution < -0.4 is 10.1 Å². The molecule has 1 unspecified atom stereocenters. The zero-order chi connectivity index (χ0) is 15.4. The van der Waals surface area contributed by atoms with Crippen molar-refractivity contribution in [1.82, 2.24) is 5.32 Å². The maximum Gasteiger partial charge on any atom is 0.123 e. The second-order valence-electron chi connectivity index (χ2n) is 6.74. The van der Waals surface area contributed by atoms with Gasteiger partial charge in [0.25, 0.3) is 0 Å². The van der Waals surface area contributed by atoms with Crippen molar-refractivity contribution in [1.29, 1.82) is 0 Å². The number of fused-ring (bicyclic) bond motifs is 1. The van der Waals surface area contributed by atoms with Gasteiger partial charge in [-0.2, -0.15) is 0 Å². The van der Waals surface area contributed by atoms with Gasteiger partial charge in [-0.3, -0.25) is 0 Å². The summed E-state index contributed by atoms with van der Waals surface area (Å²) in [5.41, 5.74) is 2.65. The van der Waals surface area contributed by atoms with Crippen molar-refractivity contribution in [3.63, 3.8) is 0 Å². The molecule has 2 aromatic carbocycles. The average molecular weight is 295 g/mol. The highest BCUT2D eigenvalue weighted by atomic mass is 16.5. The van der Waals surface area contributed by atoms with Crippen LogP contribution in [0.1, 0.15) is 37.3 Å². The zero-order valence-electron chi connectivity index (χ0n) is 13.5. The van der Waals surface area contributed by atoms with E-state index in [1.54, 1.807) is 0 Å². The SMILES string of the molecule is CC1(C)CC(CNCCc2ccccc2)c2ccccc2O1. The second-order valence-corrected chi connectivity index (χ2v) is 6.74. The molecule has 116 valence electrons. The van der Waals surface area contributed by atoms with Gasteiger partial charge in [-0.25, -0.2) is 0 Å². The summed E-state index contributed by atoms with van der Waals surface area (Å²) in [6.45, 7) is 6.39. The van der Waals surface area contributed by atoms with Crippen LogP contribution in [0.3, 0.4) is 0 Å². The highest BCUT2D eigenvalue weighted by Gasteiger charge is 2.32. The van der Waals surface area contributed by atoms with E-state index in [4.69, 9.17) is 4.74 Å². The third-order valence-corrected chi connectivity index (χ3v) is 4.31. The van der Waals surface area contributed by atoms with Crippen LogP contribution in [-0.4, -0.2) is 18.7 Å². The van der Waals surface area contributed by atoms with E-state index in [1.165, 1.54) is 11.1 Å². The summed E-state index contributed by atoms with van der Waals surface area (Å²) in [5, 5.41) is 3.63. The molecule has 1 aliphatic heterocycles. The number of hydrogen-bond donors (Lipinski definition) is 1. The molecule has 3 rings (SSSR count). The topological polar surface area (TPSA) is 21.3 Å². The van der Waals surface area contributed by atoms with Crippen LogP contribution in [0.15, 0.2) is 54.6 Å². The number of rotatable bonds is 5. The van der Waals surface area contributed by atoms with Gasteiger partial charge in [-0.15, -0.1) is 0 Å². The van der Waals surface area contributed by atoms with Crippen LogP contribution in [0.2, 0.25) is 0 Å². The number of hydrogen-bond acceptors (Lipinski definition) is 2. The fraction of sp³-hybridized carbons (Fsp3) is 0.400. The van der Waals surface area contributed by atoms with Crippen molar-refractivity contribution in [2.75, 3.05) is 13.1 Å². The van der Waals surface area contributed by atoms with E-state index in [9.17, 15) is 0 Å². The predicted octanol–water partition coefficient (Wildman–Crippen LogP) is 4.16. The Hall–Kier alpha value is -1.80. The Labute approximate surface area is 133 Å². The molecule has 1 atom stereocenters. The summed E-state index contributed by atoms with van der Waals surface area (Å²) in [6, 6.07) is 19.1. The normalized spacial score (nSPS) is 19.3. The molecule has 1 N–H and O–H groups in total. The van der Waals surface area contributed by atoms with Crippen LogP contribution in [0, 0.1) is 0 Å². The summed E-state index contributed by atoms with van der Waals surface area (Å²) < 4.78 is 6.10. The first-order valence-corrected chi connectivity index (χ1v) is 8.17. The Morgan fingerprint density at radius 3 is 2.59 bits per heavy atom. The van der Waals surface area contributed by atoms with Crippen molar-refractivity contribution in [2.24, 2.45) is 0 Å². The van der Waals surface area contributed by atoms with E-state index >= 15 is 0 Å². The molecule has 2 aromatic rings. The van der Waals surface area contributed by atoms with E-state index in [0.717, 1.165) is 31.7 Å². The molecular formula is C20H25NO. The van der Waals surface area contributed by atoms with Crippen LogP contribution in [0.25, 0.3) is 0 Å². The van der Waals surface area contributed by atoms with Gasteiger partial charge in [0.15, 0.2) is 0 Å². The highest BCUT2D eigenvalue weighted by Crippen LogP contribution is 2.40. The molecule has 0 saturated heterocycles. The lowest BCUT2D eigenvalue weighted by atomic mass is 9.84. The second kappa shape index (κ2) is 6.53. The molecule has 2 nitrogen and oxygen atoms in total. The van der Waals surface area contributed by atoms with Crippen molar-refractivity contribution in [3.05, 3.63) is 65.7 Å². The van der Waals surface area contributed by atoms with E-state index in [-0.39, 0.29) is 5.60 Å². The standard InChI is InChI=1S/C20H25NO/c1-20(2)14-17(18-10-6-7-11-19(18)22-20)15-21-13-12-16-8-4-3-5-9-16/h3-11,17,21H,12-15H2,1-2H3. The molecule has 2 heteroatoms. The average Bonchev–Trinajstić information content (AvgIpc) is 2.51. The molecule has 22 heavy (non-hydrogen) atoms. The van der Waals surface area contributed by atoms with Crippen molar-refractivity contribution in [3.8, 4) is 5.75 Å². The third kappa shape index (κ3) is 3.69. The number of nitrogens with one attached hydrogen (secondary N) is 1. The van der Waals surface area contributed by atoms with E-state index in [2.05, 4.69) is 73.8 Å². The monoisotopic (exact) mass is 295 g/mol. The fourth-order valence-electron chi connectivity index (χ4n) is 3.29. The Morgan fingerprint density at radius 1 is 1.05 bits per heavy atom. The maximum absolute atomic E-state index is 6.10. The van der Waals surface area contributed by atoms with Gasteiger partial charge in [-0.1, -0.05) is 48.5 Å². The Bertz CT molecular complexity index is 606. The number of ether oxygens (including phenoxy) is 1. The van der Waals surface area contributed by atoms with Crippen LogP contribution >= 0.6 is 0 Å². The van der Waals surface area contributed by atoms with Crippen molar-refractivity contribution >= 4 is 0 Å². The van der Waals surface area contributed by atoms with E-state index < -0.39 is 0 Å². The molecule has 1 aliphatic rings. The smallest absolute Gasteiger partial charge is 0.123 e. The lowest BCUT2D eigenvalue weighted by molar-refractivity contribution is 0.0718. The minimum atomic E-state index is -0.0832. The van der Waals surface area contributed by atoms with Crippen LogP contribution in [-0.2, 0) is 6.42 Å². The molecule has 0 spiro atoms. The summed E-state index contributed by atoms with van der Waals surface area (Å²) in [5.74, 6) is 1.57. The molecule has 0 saturated carbocycles. The number of para-hydroxylation sites is 1. The number of benzene rings is 2. The summed E-state index contributed by atoms with van der Waals surface area (Å²) >= 11 is 0. The lowest BCUT2D eigenvalue weighted by Crippen LogP contribution is -2.38. The molecule has 0 radical (unpaired) electrons. The Kier molecular flexibility index (Phi) is 4.49. The molecule has 0 fully saturated rings. The fourth-order valence-corrected chi connectivity index (χ4v) is 3.29. The molecular weight excluding hydrogens is 270 g/mol. The van der Waals surface area contributed by atoms with Crippen LogP contribution in [0.4, 0.5) is 0 Å². The van der Waals surface area contributed by atoms with Gasteiger partial charge >= 0.3 is 0 Å². The van der Waals surface area contributed by atoms with Gasteiger partial charge < -0.3 is 10.1 Å². The summed E-state index contributed by atoms with van der Waals surface area (Å²) in [4.78, 5) is 0.